The van der Waals surface area contributed by atoms with Crippen molar-refractivity contribution in [2.24, 2.45) is 0 Å². The first-order valence-electron chi connectivity index (χ1n) is 3.84. The number of carbonyl (C=O) groups excluding carboxylic acids is 1. The number of amides is 1. The van der Waals surface area contributed by atoms with Gasteiger partial charge in [-0.3, -0.25) is 0 Å². The summed E-state index contributed by atoms with van der Waals surface area (Å²) < 4.78 is 4.88. The van der Waals surface area contributed by atoms with Gasteiger partial charge in [-0.2, -0.15) is 0 Å². The molecule has 1 N–H and O–H groups in total. The van der Waals surface area contributed by atoms with Crippen LogP contribution in [0.4, 0.5) is 4.79 Å². The van der Waals surface area contributed by atoms with Crippen LogP contribution in [0.2, 0.25) is 0 Å². The molecule has 1 aliphatic heterocycles. The van der Waals surface area contributed by atoms with Gasteiger partial charge in [0.25, 0.3) is 0 Å². The number of cyclic esters (lactones) is 1. The zero-order valence-electron chi connectivity index (χ0n) is 6.62. The van der Waals surface area contributed by atoms with Gasteiger partial charge in [-0.25, -0.2) is 4.79 Å². The van der Waals surface area contributed by atoms with E-state index in [4.69, 9.17) is 9.84 Å². The maximum atomic E-state index is 11.0. The average Bonchev–Trinajstić information content (AvgIpc) is 2.04. The lowest BCUT2D eigenvalue weighted by molar-refractivity contribution is 0.000389. The van der Waals surface area contributed by atoms with E-state index >= 15 is 0 Å². The number of rotatable bonds is 2. The summed E-state index contributed by atoms with van der Waals surface area (Å²) in [5.74, 6) is 0. The van der Waals surface area contributed by atoms with Crippen LogP contribution >= 0.6 is 0 Å². The quantitative estimate of drug-likeness (QED) is 0.626. The standard InChI is InChI=1S/C7H13NO3/c1-2-8-4-3-6(5-9)11-7(8)10/h6,9H,2-5H2,1H3/t6-/m0/s1. The second-order valence-corrected chi connectivity index (χ2v) is 2.56. The molecule has 1 aliphatic rings. The smallest absolute Gasteiger partial charge is 0.410 e. The van der Waals surface area contributed by atoms with Crippen LogP contribution in [-0.4, -0.2) is 41.9 Å². The highest BCUT2D eigenvalue weighted by Gasteiger charge is 2.24. The van der Waals surface area contributed by atoms with E-state index in [2.05, 4.69) is 0 Å². The number of aliphatic hydroxyl groups excluding tert-OH is 1. The van der Waals surface area contributed by atoms with Gasteiger partial charge in [-0.1, -0.05) is 0 Å². The summed E-state index contributed by atoms with van der Waals surface area (Å²) in [6.07, 6.45) is 0.138. The number of hydrogen-bond donors (Lipinski definition) is 1. The predicted octanol–water partition coefficient (Wildman–Crippen LogP) is 0.209. The van der Waals surface area contributed by atoms with Gasteiger partial charge in [-0.15, -0.1) is 0 Å². The van der Waals surface area contributed by atoms with Gasteiger partial charge in [-0.05, 0) is 6.92 Å². The van der Waals surface area contributed by atoms with Crippen LogP contribution < -0.4 is 0 Å². The molecule has 1 fully saturated rings. The molecule has 0 spiro atoms. The zero-order chi connectivity index (χ0) is 8.27. The molecule has 1 saturated heterocycles. The molecule has 0 unspecified atom stereocenters. The van der Waals surface area contributed by atoms with E-state index in [1.807, 2.05) is 6.92 Å². The van der Waals surface area contributed by atoms with Crippen molar-refractivity contribution in [1.82, 2.24) is 4.90 Å². The summed E-state index contributed by atoms with van der Waals surface area (Å²) in [4.78, 5) is 12.6. The van der Waals surface area contributed by atoms with Gasteiger partial charge in [0.2, 0.25) is 0 Å². The van der Waals surface area contributed by atoms with Crippen LogP contribution in [0.15, 0.2) is 0 Å². The SMILES string of the molecule is CCN1CC[C@@H](CO)OC1=O. The molecule has 0 aliphatic carbocycles. The highest BCUT2D eigenvalue weighted by molar-refractivity contribution is 5.68. The van der Waals surface area contributed by atoms with Gasteiger partial charge in [0, 0.05) is 19.5 Å². The average molecular weight is 159 g/mol. The van der Waals surface area contributed by atoms with E-state index in [-0.39, 0.29) is 18.8 Å². The Labute approximate surface area is 65.8 Å². The summed E-state index contributed by atoms with van der Waals surface area (Å²) >= 11 is 0. The van der Waals surface area contributed by atoms with Crippen molar-refractivity contribution in [2.45, 2.75) is 19.4 Å². The van der Waals surface area contributed by atoms with E-state index in [1.54, 1.807) is 4.90 Å². The van der Waals surface area contributed by atoms with E-state index < -0.39 is 0 Å². The highest BCUT2D eigenvalue weighted by Crippen LogP contribution is 2.10. The van der Waals surface area contributed by atoms with Gasteiger partial charge in [0.05, 0.1) is 6.61 Å². The van der Waals surface area contributed by atoms with Crippen LogP contribution in [0.25, 0.3) is 0 Å². The minimum atomic E-state index is -0.308. The molecule has 64 valence electrons. The molecule has 0 aromatic rings. The molecule has 11 heavy (non-hydrogen) atoms. The molecular weight excluding hydrogens is 146 g/mol. The summed E-state index contributed by atoms with van der Waals surface area (Å²) in [5.41, 5.74) is 0. The number of carbonyl (C=O) groups is 1. The van der Waals surface area contributed by atoms with Gasteiger partial charge in [0.15, 0.2) is 0 Å². The van der Waals surface area contributed by atoms with Crippen molar-refractivity contribution in [2.75, 3.05) is 19.7 Å². The second-order valence-electron chi connectivity index (χ2n) is 2.56. The minimum Gasteiger partial charge on any atom is -0.444 e. The number of ether oxygens (including phenoxy) is 1. The van der Waals surface area contributed by atoms with Crippen molar-refractivity contribution in [3.63, 3.8) is 0 Å². The summed E-state index contributed by atoms with van der Waals surface area (Å²) in [5, 5.41) is 8.67. The lowest BCUT2D eigenvalue weighted by Gasteiger charge is -2.29. The Morgan fingerprint density at radius 2 is 2.55 bits per heavy atom. The van der Waals surface area contributed by atoms with Crippen LogP contribution in [0.5, 0.6) is 0 Å². The third-order valence-electron chi connectivity index (χ3n) is 1.83. The van der Waals surface area contributed by atoms with Crippen molar-refractivity contribution < 1.29 is 14.6 Å². The summed E-state index contributed by atoms with van der Waals surface area (Å²) in [6, 6.07) is 0. The van der Waals surface area contributed by atoms with Crippen molar-refractivity contribution >= 4 is 6.09 Å². The summed E-state index contributed by atoms with van der Waals surface area (Å²) in [6.45, 7) is 3.21. The Morgan fingerprint density at radius 1 is 1.82 bits per heavy atom. The summed E-state index contributed by atoms with van der Waals surface area (Å²) in [7, 11) is 0. The molecule has 0 saturated carbocycles. The molecule has 1 atom stereocenters. The maximum Gasteiger partial charge on any atom is 0.410 e. The Hall–Kier alpha value is -0.770. The fourth-order valence-corrected chi connectivity index (χ4v) is 1.08. The van der Waals surface area contributed by atoms with Crippen molar-refractivity contribution in [3.8, 4) is 0 Å². The third-order valence-corrected chi connectivity index (χ3v) is 1.83. The van der Waals surface area contributed by atoms with E-state index in [0.717, 1.165) is 6.42 Å². The Balaban J connectivity index is 2.41. The first-order chi connectivity index (χ1) is 5.27. The lowest BCUT2D eigenvalue weighted by atomic mass is 10.2. The van der Waals surface area contributed by atoms with Crippen LogP contribution in [0, 0.1) is 0 Å². The van der Waals surface area contributed by atoms with Crippen LogP contribution in [0.3, 0.4) is 0 Å². The first kappa shape index (κ1) is 8.33. The van der Waals surface area contributed by atoms with Gasteiger partial charge < -0.3 is 14.7 Å². The largest absolute Gasteiger partial charge is 0.444 e. The van der Waals surface area contributed by atoms with E-state index in [9.17, 15) is 4.79 Å². The van der Waals surface area contributed by atoms with Crippen LogP contribution in [-0.2, 0) is 4.74 Å². The second kappa shape index (κ2) is 3.57. The zero-order valence-corrected chi connectivity index (χ0v) is 6.62. The molecule has 0 radical (unpaired) electrons. The minimum absolute atomic E-state index is 0.0662. The molecule has 1 amide bonds. The fraction of sp³-hybridized carbons (Fsp3) is 0.857. The molecule has 4 nitrogen and oxygen atoms in total. The van der Waals surface area contributed by atoms with Crippen molar-refractivity contribution in [1.29, 1.82) is 0 Å². The predicted molar refractivity (Wildman–Crippen MR) is 39.2 cm³/mol. The number of nitrogens with zero attached hydrogens (tertiary/aromatic N) is 1. The number of aliphatic hydroxyl groups is 1. The molecule has 0 bridgehead atoms. The Bertz CT molecular complexity index is 149. The van der Waals surface area contributed by atoms with Crippen molar-refractivity contribution in [3.05, 3.63) is 0 Å². The Kier molecular flexibility index (Phi) is 2.70. The topological polar surface area (TPSA) is 49.8 Å². The number of hydrogen-bond acceptors (Lipinski definition) is 3. The molecule has 1 rings (SSSR count). The van der Waals surface area contributed by atoms with Crippen LogP contribution in [0.1, 0.15) is 13.3 Å². The molecule has 0 aromatic carbocycles. The lowest BCUT2D eigenvalue weighted by Crippen LogP contribution is -2.42. The van der Waals surface area contributed by atoms with Gasteiger partial charge >= 0.3 is 6.09 Å². The molecular formula is C7H13NO3. The highest BCUT2D eigenvalue weighted by atomic mass is 16.6. The monoisotopic (exact) mass is 159 g/mol. The first-order valence-corrected chi connectivity index (χ1v) is 3.84. The van der Waals surface area contributed by atoms with E-state index in [0.29, 0.717) is 13.1 Å². The third kappa shape index (κ3) is 1.83. The van der Waals surface area contributed by atoms with E-state index in [1.165, 1.54) is 0 Å². The molecule has 4 heteroatoms. The maximum absolute atomic E-state index is 11.0. The Morgan fingerprint density at radius 3 is 3.00 bits per heavy atom. The fourth-order valence-electron chi connectivity index (χ4n) is 1.08. The molecule has 1 heterocycles. The normalized spacial score (nSPS) is 25.1. The van der Waals surface area contributed by atoms with Gasteiger partial charge in [0.1, 0.15) is 6.10 Å². The molecule has 0 aromatic heterocycles.